The van der Waals surface area contributed by atoms with Gasteiger partial charge in [0.2, 0.25) is 0 Å². The molecule has 0 N–H and O–H groups in total. The maximum Gasteiger partial charge on any atom is 0.160 e. The lowest BCUT2D eigenvalue weighted by atomic mass is 9.93. The summed E-state index contributed by atoms with van der Waals surface area (Å²) in [4.78, 5) is 21.2. The molecule has 0 unspecified atom stereocenters. The Kier molecular flexibility index (Phi) is 19.0. The van der Waals surface area contributed by atoms with Crippen LogP contribution in [0.2, 0.25) is 0 Å². The number of rotatable bonds is 14. The number of nitrogens with zero attached hydrogens (tertiary/aromatic N) is 4. The van der Waals surface area contributed by atoms with Gasteiger partial charge in [-0.3, -0.25) is 0 Å². The predicted molar refractivity (Wildman–Crippen MR) is 532 cm³/mol. The highest BCUT2D eigenvalue weighted by molar-refractivity contribution is 7.27. The van der Waals surface area contributed by atoms with Gasteiger partial charge >= 0.3 is 0 Å². The smallest absolute Gasteiger partial charge is 0.160 e. The van der Waals surface area contributed by atoms with E-state index >= 15 is 0 Å². The Morgan fingerprint density at radius 2 is 0.371 bits per heavy atom. The molecule has 0 spiro atoms. The third-order valence-electron chi connectivity index (χ3n) is 23.8. The van der Waals surface area contributed by atoms with E-state index in [4.69, 9.17) is 19.9 Å². The van der Waals surface area contributed by atoms with Crippen molar-refractivity contribution in [2.45, 2.75) is 0 Å². The van der Waals surface area contributed by atoms with Crippen LogP contribution >= 0.6 is 45.3 Å². The third-order valence-corrected chi connectivity index (χ3v) is 28.5. The molecule has 0 fully saturated rings. The van der Waals surface area contributed by atoms with Crippen molar-refractivity contribution in [2.24, 2.45) is 0 Å². The van der Waals surface area contributed by atoms with Crippen molar-refractivity contribution < 1.29 is 0 Å². The first kappa shape index (κ1) is 74.1. The molecule has 0 aliphatic carbocycles. The Balaban J connectivity index is 0.000000143. The van der Waals surface area contributed by atoms with E-state index in [1.54, 1.807) is 0 Å². The summed E-state index contributed by atoms with van der Waals surface area (Å²) in [5.41, 5.74) is 28.4. The van der Waals surface area contributed by atoms with Gasteiger partial charge < -0.3 is 0 Å². The zero-order chi connectivity index (χ0) is 82.0. The minimum atomic E-state index is 0.694. The molecule has 6 aromatic heterocycles. The molecule has 0 aliphatic heterocycles. The molecule has 0 saturated heterocycles. The van der Waals surface area contributed by atoms with Crippen LogP contribution in [0, 0.1) is 0 Å². The molecule has 0 radical (unpaired) electrons. The second-order valence-corrected chi connectivity index (χ2v) is 35.8. The van der Waals surface area contributed by atoms with Crippen LogP contribution < -0.4 is 0 Å². The van der Waals surface area contributed by atoms with E-state index in [0.717, 1.165) is 101 Å². The summed E-state index contributed by atoms with van der Waals surface area (Å²) in [5.74, 6) is 1.39. The predicted octanol–water partition coefficient (Wildman–Crippen LogP) is 33.8. The molecule has 580 valence electrons. The minimum absolute atomic E-state index is 0.694. The number of hydrogen-bond acceptors (Lipinski definition) is 8. The van der Waals surface area contributed by atoms with Crippen molar-refractivity contribution in [1.29, 1.82) is 0 Å². The zero-order valence-electron chi connectivity index (χ0n) is 67.0. The summed E-state index contributed by atoms with van der Waals surface area (Å²) in [5, 5.41) is 10.3. The zero-order valence-corrected chi connectivity index (χ0v) is 70.3. The number of fused-ring (bicyclic) bond motifs is 12. The summed E-state index contributed by atoms with van der Waals surface area (Å²) in [6, 6.07) is 157. The van der Waals surface area contributed by atoms with Crippen LogP contribution in [0.5, 0.6) is 0 Å². The molecule has 8 heteroatoms. The maximum atomic E-state index is 5.38. The van der Waals surface area contributed by atoms with E-state index < -0.39 is 0 Å². The van der Waals surface area contributed by atoms with Crippen molar-refractivity contribution >= 4 is 126 Å². The molecule has 0 aliphatic rings. The second-order valence-electron chi connectivity index (χ2n) is 31.5. The summed E-state index contributed by atoms with van der Waals surface area (Å²) < 4.78 is 10.4. The Morgan fingerprint density at radius 3 is 0.766 bits per heavy atom. The fourth-order valence-corrected chi connectivity index (χ4v) is 22.2. The van der Waals surface area contributed by atoms with Crippen molar-refractivity contribution in [3.63, 3.8) is 0 Å². The molecule has 124 heavy (non-hydrogen) atoms. The maximum absolute atomic E-state index is 5.38. The van der Waals surface area contributed by atoms with Crippen LogP contribution in [0.15, 0.2) is 437 Å². The molecular weight excluding hydrogens is 1580 g/mol. The van der Waals surface area contributed by atoms with E-state index in [9.17, 15) is 0 Å². The lowest BCUT2D eigenvalue weighted by Gasteiger charge is -2.14. The SMILES string of the molecule is c1ccc(-c2ccc(-c3cccc(-c4cc(-c5cc(-c6ccc7sc8ccccc8c7c6)cc(-c6ccc7sc8ccccc8c7c6)c5)nc(-c5ccccc5)n4)c3)cc2)cc1.c1ccc(-c2ccc(-c3cccc(-c4cc(-c5cc(-c6cccc7c6sc6ccccc67)cc(-c6cccc7c6sc6ccccc67)c5)nc(-c5ccccc5)n4)c3)cc2)cc1. The monoisotopic (exact) mass is 1650 g/mol. The lowest BCUT2D eigenvalue weighted by Crippen LogP contribution is -1.97. The highest BCUT2D eigenvalue weighted by Gasteiger charge is 2.22. The molecule has 24 aromatic rings. The van der Waals surface area contributed by atoms with E-state index in [1.807, 2.05) is 57.5 Å². The molecule has 4 nitrogen and oxygen atoms in total. The van der Waals surface area contributed by atoms with E-state index in [-0.39, 0.29) is 0 Å². The van der Waals surface area contributed by atoms with Crippen molar-refractivity contribution in [3.8, 4) is 157 Å². The average molecular weight is 1650 g/mol. The van der Waals surface area contributed by atoms with Crippen LogP contribution in [0.25, 0.3) is 238 Å². The van der Waals surface area contributed by atoms with Gasteiger partial charge in [-0.2, -0.15) is 0 Å². The molecule has 6 heterocycles. The summed E-state index contributed by atoms with van der Waals surface area (Å²) in [6.07, 6.45) is 0. The molecule has 0 saturated carbocycles. The van der Waals surface area contributed by atoms with Gasteiger partial charge in [-0.05, 0) is 198 Å². The van der Waals surface area contributed by atoms with Gasteiger partial charge in [0.1, 0.15) is 0 Å². The second kappa shape index (κ2) is 31.9. The lowest BCUT2D eigenvalue weighted by molar-refractivity contribution is 1.18. The van der Waals surface area contributed by atoms with Crippen LogP contribution in [-0.2, 0) is 0 Å². The van der Waals surface area contributed by atoms with Crippen molar-refractivity contribution in [1.82, 2.24) is 19.9 Å². The van der Waals surface area contributed by atoms with Crippen LogP contribution in [0.4, 0.5) is 0 Å². The summed E-state index contributed by atoms with van der Waals surface area (Å²) >= 11 is 7.43. The van der Waals surface area contributed by atoms with Crippen molar-refractivity contribution in [2.75, 3.05) is 0 Å². The molecule has 0 amide bonds. The minimum Gasteiger partial charge on any atom is -0.228 e. The normalized spacial score (nSPS) is 11.5. The standard InChI is InChI=1S/2C58H36N2S2/c1-3-14-37(15-4-1)38-28-30-39(31-29-38)41-18-11-19-42(32-41)52-36-53(60-58(59-52)40-16-5-2-6-17-40)45-34-43(46-22-12-24-50-48-20-7-9-26-54(48)61-56(46)50)33-44(35-45)47-23-13-25-51-49-21-8-10-27-55(49)62-57(47)51;1-3-12-37(13-4-1)38-22-24-39(25-23-38)41-16-11-17-44(30-41)52-36-53(60-58(59-52)40-14-5-2-6-15-40)47-32-45(42-26-28-56-50(34-42)48-18-7-9-20-54(48)61-56)31-46(33-47)43-27-29-57-51(35-43)49-19-8-10-21-55(49)62-57/h2*1-36H. The van der Waals surface area contributed by atoms with Gasteiger partial charge in [0.25, 0.3) is 0 Å². The first-order chi connectivity index (χ1) is 61.4. The molecule has 18 aromatic carbocycles. The third kappa shape index (κ3) is 14.2. The largest absolute Gasteiger partial charge is 0.228 e. The average Bonchev–Trinajstić information content (AvgIpc) is 1.47. The fraction of sp³-hybridized carbons (Fsp3) is 0. The number of aromatic nitrogens is 4. The van der Waals surface area contributed by atoms with Crippen LogP contribution in [0.3, 0.4) is 0 Å². The van der Waals surface area contributed by atoms with Gasteiger partial charge in [-0.25, -0.2) is 19.9 Å². The van der Waals surface area contributed by atoms with Gasteiger partial charge in [-0.15, -0.1) is 45.3 Å². The first-order valence-corrected chi connectivity index (χ1v) is 45.0. The van der Waals surface area contributed by atoms with Gasteiger partial charge in [0.15, 0.2) is 11.6 Å². The van der Waals surface area contributed by atoms with E-state index in [0.29, 0.717) is 11.6 Å². The molecule has 0 bridgehead atoms. The van der Waals surface area contributed by atoms with Crippen LogP contribution in [0.1, 0.15) is 0 Å². The molecule has 24 rings (SSSR count). The van der Waals surface area contributed by atoms with Gasteiger partial charge in [0, 0.05) is 114 Å². The Bertz CT molecular complexity index is 7950. The fourth-order valence-electron chi connectivity index (χ4n) is 17.6. The topological polar surface area (TPSA) is 51.6 Å². The summed E-state index contributed by atoms with van der Waals surface area (Å²) in [7, 11) is 0. The number of benzene rings is 18. The Labute approximate surface area is 733 Å². The molecular formula is C116H72N4S4. The Morgan fingerprint density at radius 1 is 0.129 bits per heavy atom. The van der Waals surface area contributed by atoms with Gasteiger partial charge in [0.05, 0.1) is 22.8 Å². The Hall–Kier alpha value is -15.0. The van der Waals surface area contributed by atoms with Crippen LogP contribution in [-0.4, -0.2) is 19.9 Å². The van der Waals surface area contributed by atoms with Gasteiger partial charge in [-0.1, -0.05) is 328 Å². The van der Waals surface area contributed by atoms with E-state index in [2.05, 4.69) is 425 Å². The quantitative estimate of drug-likeness (QED) is 0.109. The number of hydrogen-bond donors (Lipinski definition) is 0. The molecule has 0 atom stereocenters. The van der Waals surface area contributed by atoms with Crippen molar-refractivity contribution in [3.05, 3.63) is 437 Å². The summed E-state index contributed by atoms with van der Waals surface area (Å²) in [6.45, 7) is 0. The van der Waals surface area contributed by atoms with E-state index in [1.165, 1.54) is 125 Å². The highest BCUT2D eigenvalue weighted by Crippen LogP contribution is 2.48. The number of thiophene rings is 4. The highest BCUT2D eigenvalue weighted by atomic mass is 32.1. The first-order valence-electron chi connectivity index (χ1n) is 41.7.